The second kappa shape index (κ2) is 13.6. The van der Waals surface area contributed by atoms with Gasteiger partial charge in [-0.25, -0.2) is 0 Å². The minimum absolute atomic E-state index is 0. The molecule has 5 nitrogen and oxygen atoms in total. The van der Waals surface area contributed by atoms with Crippen molar-refractivity contribution in [2.24, 2.45) is 0 Å². The average Bonchev–Trinajstić information content (AvgIpc) is 3.71. The fourth-order valence-corrected chi connectivity index (χ4v) is 8.55. The number of rotatable bonds is 4. The summed E-state index contributed by atoms with van der Waals surface area (Å²) in [5, 5.41) is 4.40. The second-order valence-corrected chi connectivity index (χ2v) is 23.4. The molecule has 7 heteroatoms. The molecule has 0 aliphatic heterocycles. The molecule has 0 aliphatic carbocycles. The number of imidazole rings is 1. The molecule has 4 aromatic heterocycles. The third kappa shape index (κ3) is 6.24. The van der Waals surface area contributed by atoms with E-state index < -0.39 is 13.3 Å². The Labute approximate surface area is 301 Å². The molecule has 0 saturated carbocycles. The van der Waals surface area contributed by atoms with Crippen LogP contribution in [0.3, 0.4) is 0 Å². The van der Waals surface area contributed by atoms with Crippen LogP contribution in [0.1, 0.15) is 0 Å². The summed E-state index contributed by atoms with van der Waals surface area (Å²) in [7, 11) is 0. The smallest absolute Gasteiger partial charge is 0.0160 e. The molecule has 5 aromatic carbocycles. The van der Waals surface area contributed by atoms with E-state index in [0.29, 0.717) is 5.65 Å². The van der Waals surface area contributed by atoms with Crippen molar-refractivity contribution in [3.05, 3.63) is 152 Å². The number of furan rings is 1. The number of fused-ring (bicyclic) bond motifs is 6. The van der Waals surface area contributed by atoms with E-state index in [1.807, 2.05) is 79.0 Å². The van der Waals surface area contributed by atoms with Gasteiger partial charge < -0.3 is 4.98 Å². The zero-order valence-electron chi connectivity index (χ0n) is 27.3. The van der Waals surface area contributed by atoms with Crippen LogP contribution in [0.2, 0.25) is 17.3 Å². The summed E-state index contributed by atoms with van der Waals surface area (Å²) in [5.74, 6) is 7.99. The Morgan fingerprint density at radius 2 is 1.49 bits per heavy atom. The predicted molar refractivity (Wildman–Crippen MR) is 199 cm³/mol. The third-order valence-corrected chi connectivity index (χ3v) is 12.9. The minimum atomic E-state index is -2.00. The summed E-state index contributed by atoms with van der Waals surface area (Å²) in [6.07, 6.45) is 3.69. The quantitative estimate of drug-likeness (QED) is 0.131. The molecule has 1 radical (unpaired) electrons. The van der Waals surface area contributed by atoms with Crippen molar-refractivity contribution in [1.82, 2.24) is 19.5 Å². The minimum Gasteiger partial charge on any atom is -0.305 e. The van der Waals surface area contributed by atoms with Gasteiger partial charge in [0, 0.05) is 26.3 Å². The number of hydrogen-bond donors (Lipinski definition) is 0. The number of para-hydroxylation sites is 1. The summed E-state index contributed by atoms with van der Waals surface area (Å²) >= 11 is -2.00. The predicted octanol–water partition coefficient (Wildman–Crippen LogP) is 10.0. The van der Waals surface area contributed by atoms with E-state index in [0.717, 1.165) is 66.6 Å². The van der Waals surface area contributed by atoms with Gasteiger partial charge in [0.05, 0.1) is 0 Å². The van der Waals surface area contributed by atoms with Crippen LogP contribution in [0, 0.1) is 12.1 Å². The number of pyridine rings is 2. The van der Waals surface area contributed by atoms with Crippen LogP contribution in [0.15, 0.2) is 144 Å². The molecule has 0 saturated heterocycles. The molecule has 0 amide bonds. The maximum absolute atomic E-state index is 6.57. The molecule has 0 atom stereocenters. The summed E-state index contributed by atoms with van der Waals surface area (Å²) in [4.78, 5) is 14.0. The first kappa shape index (κ1) is 32.7. The first-order chi connectivity index (χ1) is 23.5. The standard InChI is InChI=1S/C31H24GeN3O.C11H8N.Ir/c1-32(2,3)21-16-17-24-25-14-9-15-26(29(25)36-27(24)18-21)31-34-30-28(35(31)22-11-5-4-6-12-22)23-13-8-7-10-20(23)19-33-30;1-2-6-10(7-3-1)11-8-4-5-9-12-11;/h4-14,16-19H,1-3H3;1-6,8-9H;/q2*-1;. The average molecular weight is 874 g/mol. The van der Waals surface area contributed by atoms with Crippen LogP contribution in [-0.4, -0.2) is 32.8 Å². The van der Waals surface area contributed by atoms with Gasteiger partial charge in [0.2, 0.25) is 0 Å². The van der Waals surface area contributed by atoms with Crippen LogP contribution in [0.25, 0.3) is 72.2 Å². The first-order valence-electron chi connectivity index (χ1n) is 16.0. The Hall–Kier alpha value is -4.88. The molecule has 0 spiro atoms. The Morgan fingerprint density at radius 1 is 0.694 bits per heavy atom. The normalized spacial score (nSPS) is 11.4. The molecular weight excluding hydrogens is 841 g/mol. The van der Waals surface area contributed by atoms with Crippen molar-refractivity contribution >= 4 is 61.5 Å². The van der Waals surface area contributed by atoms with Crippen molar-refractivity contribution < 1.29 is 24.5 Å². The van der Waals surface area contributed by atoms with Crippen LogP contribution in [0.5, 0.6) is 0 Å². The number of aromatic nitrogens is 4. The molecule has 49 heavy (non-hydrogen) atoms. The van der Waals surface area contributed by atoms with Crippen molar-refractivity contribution in [3.63, 3.8) is 0 Å². The van der Waals surface area contributed by atoms with E-state index in [4.69, 9.17) is 14.4 Å². The van der Waals surface area contributed by atoms with E-state index in [1.54, 1.807) is 6.20 Å². The molecular formula is C42H32GeIrN4O-2. The largest absolute Gasteiger partial charge is 0.305 e. The second-order valence-electron chi connectivity index (χ2n) is 12.8. The van der Waals surface area contributed by atoms with Gasteiger partial charge in [-0.15, -0.1) is 35.9 Å². The van der Waals surface area contributed by atoms with E-state index >= 15 is 0 Å². The monoisotopic (exact) mass is 875 g/mol. The number of benzene rings is 5. The molecule has 241 valence electrons. The molecule has 0 fully saturated rings. The summed E-state index contributed by atoms with van der Waals surface area (Å²) in [6, 6.07) is 49.7. The van der Waals surface area contributed by atoms with Crippen LogP contribution in [-0.2, 0) is 20.1 Å². The van der Waals surface area contributed by atoms with E-state index in [9.17, 15) is 0 Å². The maximum Gasteiger partial charge on any atom is 0.0160 e. The Balaban J connectivity index is 0.000000246. The fourth-order valence-electron chi connectivity index (χ4n) is 6.14. The van der Waals surface area contributed by atoms with Crippen LogP contribution in [0.4, 0.5) is 0 Å². The molecule has 0 aliphatic rings. The van der Waals surface area contributed by atoms with Crippen molar-refractivity contribution in [3.8, 4) is 28.3 Å². The Bertz CT molecular complexity index is 2500. The van der Waals surface area contributed by atoms with Crippen molar-refractivity contribution in [2.45, 2.75) is 17.3 Å². The van der Waals surface area contributed by atoms with Crippen LogP contribution < -0.4 is 4.40 Å². The molecule has 4 heterocycles. The van der Waals surface area contributed by atoms with Gasteiger partial charge in [0.15, 0.2) is 0 Å². The maximum atomic E-state index is 6.57. The van der Waals surface area contributed by atoms with Gasteiger partial charge in [-0.05, 0) is 11.8 Å². The summed E-state index contributed by atoms with van der Waals surface area (Å²) in [5.41, 5.74) is 7.30. The van der Waals surface area contributed by atoms with Crippen molar-refractivity contribution in [2.75, 3.05) is 0 Å². The van der Waals surface area contributed by atoms with Crippen LogP contribution >= 0.6 is 0 Å². The van der Waals surface area contributed by atoms with Gasteiger partial charge in [0.1, 0.15) is 0 Å². The SMILES string of the molecule is [CH3][Ge]([CH3])([CH3])[c]1ccc2c(c1)oc1c(-c3nc4ncc5ccccc5c4n3-c3ccccc3)[c-]ccc12.[Ir].[c-]1ccccc1-c1ccccn1. The zero-order valence-corrected chi connectivity index (χ0v) is 31.8. The summed E-state index contributed by atoms with van der Waals surface area (Å²) < 4.78 is 10.2. The summed E-state index contributed by atoms with van der Waals surface area (Å²) in [6.45, 7) is 0. The third-order valence-electron chi connectivity index (χ3n) is 8.59. The van der Waals surface area contributed by atoms with Crippen molar-refractivity contribution in [1.29, 1.82) is 0 Å². The molecule has 0 bridgehead atoms. The molecule has 9 rings (SSSR count). The van der Waals surface area contributed by atoms with Gasteiger partial charge in [0.25, 0.3) is 0 Å². The Morgan fingerprint density at radius 3 is 2.27 bits per heavy atom. The van der Waals surface area contributed by atoms with Gasteiger partial charge in [-0.2, -0.15) is 0 Å². The number of nitrogens with zero attached hydrogens (tertiary/aromatic N) is 4. The molecule has 0 N–H and O–H groups in total. The van der Waals surface area contributed by atoms with E-state index in [2.05, 4.69) is 93.5 Å². The Kier molecular flexibility index (Phi) is 9.04. The van der Waals surface area contributed by atoms with Gasteiger partial charge in [-0.3, -0.25) is 0 Å². The first-order valence-corrected chi connectivity index (χ1v) is 23.4. The zero-order chi connectivity index (χ0) is 32.7. The topological polar surface area (TPSA) is 56.7 Å². The van der Waals surface area contributed by atoms with Gasteiger partial charge >= 0.3 is 206 Å². The molecule has 0 unspecified atom stereocenters. The van der Waals surface area contributed by atoms with E-state index in [-0.39, 0.29) is 20.1 Å². The molecule has 9 aromatic rings. The fraction of sp³-hybridized carbons (Fsp3) is 0.0714. The number of hydrogen-bond acceptors (Lipinski definition) is 4. The van der Waals surface area contributed by atoms with Gasteiger partial charge in [-0.1, -0.05) is 18.2 Å². The van der Waals surface area contributed by atoms with E-state index in [1.165, 1.54) is 4.40 Å².